The Bertz CT molecular complexity index is 484. The Morgan fingerprint density at radius 3 is 2.95 bits per heavy atom. The van der Waals surface area contributed by atoms with Gasteiger partial charge in [-0.2, -0.15) is 0 Å². The van der Waals surface area contributed by atoms with Crippen LogP contribution in [-0.4, -0.2) is 42.3 Å². The smallest absolute Gasteiger partial charge is 0.407 e. The molecule has 0 spiro atoms. The molecule has 1 aliphatic rings. The van der Waals surface area contributed by atoms with Crippen molar-refractivity contribution in [2.45, 2.75) is 18.9 Å². The molecular formula is C13H16BrClN2O2. The molecule has 2 rings (SSSR count). The van der Waals surface area contributed by atoms with E-state index >= 15 is 0 Å². The minimum atomic E-state index is -0.873. The lowest BCUT2D eigenvalue weighted by molar-refractivity contribution is 0.133. The summed E-state index contributed by atoms with van der Waals surface area (Å²) < 4.78 is 0.943. The third kappa shape index (κ3) is 3.34. The van der Waals surface area contributed by atoms with E-state index in [-0.39, 0.29) is 6.04 Å². The van der Waals surface area contributed by atoms with Gasteiger partial charge in [0.25, 0.3) is 0 Å². The third-order valence-corrected chi connectivity index (χ3v) is 4.37. The van der Waals surface area contributed by atoms with Crippen LogP contribution in [0.5, 0.6) is 0 Å². The summed E-state index contributed by atoms with van der Waals surface area (Å²) >= 11 is 9.45. The van der Waals surface area contributed by atoms with Crippen molar-refractivity contribution in [3.05, 3.63) is 27.7 Å². The summed E-state index contributed by atoms with van der Waals surface area (Å²) in [5.41, 5.74) is 1.06. The summed E-state index contributed by atoms with van der Waals surface area (Å²) in [4.78, 5) is 14.6. The standard InChI is InChI=1S/C13H16BrClN2O2/c1-16(13(18)19)10-3-2-6-17(8-10)12-5-4-9(15)7-11(12)14/h4-5,7,10H,2-3,6,8H2,1H3,(H,18,19). The van der Waals surface area contributed by atoms with Gasteiger partial charge >= 0.3 is 6.09 Å². The van der Waals surface area contributed by atoms with Gasteiger partial charge < -0.3 is 14.9 Å². The number of benzene rings is 1. The highest BCUT2D eigenvalue weighted by Gasteiger charge is 2.26. The molecule has 19 heavy (non-hydrogen) atoms. The van der Waals surface area contributed by atoms with E-state index in [1.807, 2.05) is 18.2 Å². The van der Waals surface area contributed by atoms with Crippen LogP contribution in [0.1, 0.15) is 12.8 Å². The molecule has 0 radical (unpaired) electrons. The van der Waals surface area contributed by atoms with Gasteiger partial charge in [0.2, 0.25) is 0 Å². The summed E-state index contributed by atoms with van der Waals surface area (Å²) in [5, 5.41) is 9.75. The number of piperidine rings is 1. The highest BCUT2D eigenvalue weighted by atomic mass is 79.9. The summed E-state index contributed by atoms with van der Waals surface area (Å²) in [5.74, 6) is 0. The molecule has 1 heterocycles. The summed E-state index contributed by atoms with van der Waals surface area (Å²) in [6.45, 7) is 1.65. The summed E-state index contributed by atoms with van der Waals surface area (Å²) in [7, 11) is 1.63. The second kappa shape index (κ2) is 6.01. The van der Waals surface area contributed by atoms with Crippen molar-refractivity contribution in [2.24, 2.45) is 0 Å². The largest absolute Gasteiger partial charge is 0.465 e. The molecule has 1 atom stereocenters. The molecule has 1 fully saturated rings. The predicted molar refractivity (Wildman–Crippen MR) is 80.2 cm³/mol. The van der Waals surface area contributed by atoms with Gasteiger partial charge in [-0.15, -0.1) is 0 Å². The van der Waals surface area contributed by atoms with Gasteiger partial charge in [-0.1, -0.05) is 11.6 Å². The van der Waals surface area contributed by atoms with Gasteiger partial charge in [0.1, 0.15) is 0 Å². The van der Waals surface area contributed by atoms with Crippen LogP contribution in [-0.2, 0) is 0 Å². The Labute approximate surface area is 126 Å². The molecule has 0 saturated carbocycles. The Morgan fingerprint density at radius 1 is 1.58 bits per heavy atom. The SMILES string of the molecule is CN(C(=O)O)C1CCCN(c2ccc(Cl)cc2Br)C1. The normalized spacial score (nSPS) is 19.3. The van der Waals surface area contributed by atoms with Crippen LogP contribution < -0.4 is 4.90 Å². The predicted octanol–water partition coefficient (Wildman–Crippen LogP) is 3.68. The van der Waals surface area contributed by atoms with Crippen LogP contribution in [0.3, 0.4) is 0 Å². The van der Waals surface area contributed by atoms with Gasteiger partial charge in [0.05, 0.1) is 11.7 Å². The highest BCUT2D eigenvalue weighted by molar-refractivity contribution is 9.10. The second-order valence-corrected chi connectivity index (χ2v) is 6.02. The minimum absolute atomic E-state index is 0.0360. The topological polar surface area (TPSA) is 43.8 Å². The molecule has 1 aromatic carbocycles. The van der Waals surface area contributed by atoms with Crippen molar-refractivity contribution in [3.8, 4) is 0 Å². The average Bonchev–Trinajstić information content (AvgIpc) is 2.38. The second-order valence-electron chi connectivity index (χ2n) is 4.73. The lowest BCUT2D eigenvalue weighted by atomic mass is 10.0. The molecule has 1 aliphatic heterocycles. The Balaban J connectivity index is 2.15. The molecule has 104 valence electrons. The van der Waals surface area contributed by atoms with E-state index in [1.165, 1.54) is 4.90 Å². The van der Waals surface area contributed by atoms with Crippen molar-refractivity contribution in [1.82, 2.24) is 4.90 Å². The van der Waals surface area contributed by atoms with E-state index in [0.717, 1.165) is 29.5 Å². The van der Waals surface area contributed by atoms with Crippen molar-refractivity contribution < 1.29 is 9.90 Å². The van der Waals surface area contributed by atoms with Gasteiger partial charge in [-0.05, 0) is 47.0 Å². The number of nitrogens with zero attached hydrogens (tertiary/aromatic N) is 2. The molecule has 1 aromatic rings. The molecule has 0 aromatic heterocycles. The van der Waals surface area contributed by atoms with E-state index in [0.29, 0.717) is 11.6 Å². The Kier molecular flexibility index (Phi) is 4.58. The maximum Gasteiger partial charge on any atom is 0.407 e. The first kappa shape index (κ1) is 14.5. The quantitative estimate of drug-likeness (QED) is 0.887. The fourth-order valence-electron chi connectivity index (χ4n) is 2.38. The van der Waals surface area contributed by atoms with E-state index in [1.54, 1.807) is 7.05 Å². The highest BCUT2D eigenvalue weighted by Crippen LogP contribution is 2.31. The van der Waals surface area contributed by atoms with Crippen molar-refractivity contribution in [1.29, 1.82) is 0 Å². The van der Waals surface area contributed by atoms with Crippen LogP contribution in [0.25, 0.3) is 0 Å². The minimum Gasteiger partial charge on any atom is -0.465 e. The fraction of sp³-hybridized carbons (Fsp3) is 0.462. The number of carboxylic acid groups (broad SMARTS) is 1. The molecular weight excluding hydrogens is 332 g/mol. The van der Waals surface area contributed by atoms with Crippen LogP contribution >= 0.6 is 27.5 Å². The fourth-order valence-corrected chi connectivity index (χ4v) is 3.32. The van der Waals surface area contributed by atoms with Crippen molar-refractivity contribution >= 4 is 39.3 Å². The third-order valence-electron chi connectivity index (χ3n) is 3.50. The number of likely N-dealkylation sites (N-methyl/N-ethyl adjacent to an activating group) is 1. The molecule has 1 N–H and O–H groups in total. The van der Waals surface area contributed by atoms with Gasteiger partial charge in [0, 0.05) is 29.6 Å². The number of hydrogen-bond acceptors (Lipinski definition) is 2. The lowest BCUT2D eigenvalue weighted by Crippen LogP contribution is -2.48. The van der Waals surface area contributed by atoms with Crippen LogP contribution in [0.15, 0.2) is 22.7 Å². The zero-order valence-corrected chi connectivity index (χ0v) is 13.0. The summed E-state index contributed by atoms with van der Waals surface area (Å²) in [6, 6.07) is 5.72. The number of halogens is 2. The average molecular weight is 348 g/mol. The first-order chi connectivity index (χ1) is 8.99. The maximum atomic E-state index is 11.0. The molecule has 1 amide bonds. The zero-order chi connectivity index (χ0) is 14.0. The number of rotatable bonds is 2. The Morgan fingerprint density at radius 2 is 2.32 bits per heavy atom. The van der Waals surface area contributed by atoms with Crippen molar-refractivity contribution in [3.63, 3.8) is 0 Å². The Hall–Kier alpha value is -0.940. The van der Waals surface area contributed by atoms with E-state index in [9.17, 15) is 4.79 Å². The number of anilines is 1. The monoisotopic (exact) mass is 346 g/mol. The molecule has 0 aliphatic carbocycles. The maximum absolute atomic E-state index is 11.0. The summed E-state index contributed by atoms with van der Waals surface area (Å²) in [6.07, 6.45) is 1.02. The molecule has 1 saturated heterocycles. The van der Waals surface area contributed by atoms with Crippen LogP contribution in [0, 0.1) is 0 Å². The number of amides is 1. The number of hydrogen-bond donors (Lipinski definition) is 1. The van der Waals surface area contributed by atoms with Crippen LogP contribution in [0.2, 0.25) is 5.02 Å². The first-order valence-corrected chi connectivity index (χ1v) is 7.32. The van der Waals surface area contributed by atoms with E-state index in [2.05, 4.69) is 20.8 Å². The van der Waals surface area contributed by atoms with E-state index in [4.69, 9.17) is 16.7 Å². The lowest BCUT2D eigenvalue weighted by Gasteiger charge is -2.38. The molecule has 1 unspecified atom stereocenters. The van der Waals surface area contributed by atoms with Gasteiger partial charge in [0.15, 0.2) is 0 Å². The molecule has 0 bridgehead atoms. The van der Waals surface area contributed by atoms with Crippen LogP contribution in [0.4, 0.5) is 10.5 Å². The number of carbonyl (C=O) groups is 1. The van der Waals surface area contributed by atoms with Gasteiger partial charge in [-0.25, -0.2) is 4.79 Å². The van der Waals surface area contributed by atoms with E-state index < -0.39 is 6.09 Å². The zero-order valence-electron chi connectivity index (χ0n) is 10.6. The van der Waals surface area contributed by atoms with Gasteiger partial charge in [-0.3, -0.25) is 0 Å². The molecule has 4 nitrogen and oxygen atoms in total. The molecule has 6 heteroatoms. The first-order valence-electron chi connectivity index (χ1n) is 6.15. The van der Waals surface area contributed by atoms with Crippen molar-refractivity contribution in [2.75, 3.05) is 25.0 Å².